The first-order valence-electron chi connectivity index (χ1n) is 8.05. The van der Waals surface area contributed by atoms with Gasteiger partial charge in [-0.2, -0.15) is 0 Å². The number of benzene rings is 1. The number of hydrogen-bond acceptors (Lipinski definition) is 3. The molecule has 0 radical (unpaired) electrons. The van der Waals surface area contributed by atoms with Crippen LogP contribution in [0.2, 0.25) is 0 Å². The summed E-state index contributed by atoms with van der Waals surface area (Å²) in [5, 5.41) is 2.74. The van der Waals surface area contributed by atoms with E-state index in [1.165, 1.54) is 24.1 Å². The van der Waals surface area contributed by atoms with Crippen molar-refractivity contribution < 1.29 is 9.53 Å². The monoisotopic (exact) mass is 288 g/mol. The van der Waals surface area contributed by atoms with E-state index in [9.17, 15) is 4.79 Å². The Morgan fingerprint density at radius 3 is 3.05 bits per heavy atom. The summed E-state index contributed by atoms with van der Waals surface area (Å²) in [6.45, 7) is 7.22. The SMILES string of the molecule is CCCNC(=O)Oc1ccc2c(c1)[C@@H]1CCN(CC)[C@@H]1C2. The summed E-state index contributed by atoms with van der Waals surface area (Å²) in [7, 11) is 0. The Hall–Kier alpha value is -1.55. The average molecular weight is 288 g/mol. The van der Waals surface area contributed by atoms with Crippen molar-refractivity contribution in [1.82, 2.24) is 10.2 Å². The second kappa shape index (κ2) is 6.06. The maximum Gasteiger partial charge on any atom is 0.412 e. The van der Waals surface area contributed by atoms with Crippen LogP contribution in [0.25, 0.3) is 0 Å². The van der Waals surface area contributed by atoms with Crippen LogP contribution in [0, 0.1) is 0 Å². The number of nitrogens with zero attached hydrogens (tertiary/aromatic N) is 1. The second-order valence-corrected chi connectivity index (χ2v) is 5.97. The normalized spacial score (nSPS) is 23.7. The molecule has 1 heterocycles. The Bertz CT molecular complexity index is 530. The Morgan fingerprint density at radius 1 is 1.43 bits per heavy atom. The van der Waals surface area contributed by atoms with Crippen molar-refractivity contribution in [3.63, 3.8) is 0 Å². The van der Waals surface area contributed by atoms with Gasteiger partial charge in [-0.3, -0.25) is 4.90 Å². The third-order valence-electron chi connectivity index (χ3n) is 4.74. The Morgan fingerprint density at radius 2 is 2.29 bits per heavy atom. The molecule has 4 nitrogen and oxygen atoms in total. The fourth-order valence-corrected chi connectivity index (χ4v) is 3.71. The standard InChI is InChI=1S/C17H24N2O2/c1-3-8-18-17(20)21-13-6-5-12-10-16-14(15(12)11-13)7-9-19(16)4-2/h5-6,11,14,16H,3-4,7-10H2,1-2H3,(H,18,20)/t14-,16+/m0/s1. The molecule has 2 aliphatic rings. The molecule has 1 saturated heterocycles. The number of nitrogens with one attached hydrogen (secondary N) is 1. The molecule has 1 aromatic carbocycles. The van der Waals surface area contributed by atoms with Crippen LogP contribution in [0.4, 0.5) is 4.79 Å². The van der Waals surface area contributed by atoms with E-state index in [0.29, 0.717) is 24.3 Å². The van der Waals surface area contributed by atoms with Gasteiger partial charge in [0.15, 0.2) is 0 Å². The van der Waals surface area contributed by atoms with E-state index in [0.717, 1.165) is 19.4 Å². The lowest BCUT2D eigenvalue weighted by Crippen LogP contribution is -2.30. The summed E-state index contributed by atoms with van der Waals surface area (Å²) in [5.74, 6) is 1.28. The molecule has 1 aromatic rings. The minimum Gasteiger partial charge on any atom is -0.410 e. The zero-order valence-electron chi connectivity index (χ0n) is 12.9. The highest BCUT2D eigenvalue weighted by atomic mass is 16.6. The van der Waals surface area contributed by atoms with Crippen molar-refractivity contribution in [2.45, 2.75) is 45.1 Å². The van der Waals surface area contributed by atoms with E-state index in [4.69, 9.17) is 4.74 Å². The number of hydrogen-bond donors (Lipinski definition) is 1. The van der Waals surface area contributed by atoms with Gasteiger partial charge in [-0.15, -0.1) is 0 Å². The zero-order valence-corrected chi connectivity index (χ0v) is 12.9. The van der Waals surface area contributed by atoms with Gasteiger partial charge in [-0.25, -0.2) is 4.79 Å². The van der Waals surface area contributed by atoms with Gasteiger partial charge in [0.2, 0.25) is 0 Å². The summed E-state index contributed by atoms with van der Waals surface area (Å²) in [4.78, 5) is 14.2. The van der Waals surface area contributed by atoms with Gasteiger partial charge in [0.25, 0.3) is 0 Å². The van der Waals surface area contributed by atoms with Gasteiger partial charge in [-0.05, 0) is 55.6 Å². The van der Waals surface area contributed by atoms with Crippen LogP contribution in [0.1, 0.15) is 43.7 Å². The molecule has 1 amide bonds. The summed E-state index contributed by atoms with van der Waals surface area (Å²) >= 11 is 0. The van der Waals surface area contributed by atoms with Gasteiger partial charge >= 0.3 is 6.09 Å². The van der Waals surface area contributed by atoms with Crippen LogP contribution < -0.4 is 10.1 Å². The molecule has 1 fully saturated rings. The molecule has 2 atom stereocenters. The van der Waals surface area contributed by atoms with Crippen LogP contribution in [0.15, 0.2) is 18.2 Å². The van der Waals surface area contributed by atoms with E-state index >= 15 is 0 Å². The minimum absolute atomic E-state index is 0.354. The first kappa shape index (κ1) is 14.4. The maximum absolute atomic E-state index is 11.7. The predicted octanol–water partition coefficient (Wildman–Crippen LogP) is 2.92. The first-order chi connectivity index (χ1) is 10.2. The number of likely N-dealkylation sites (tertiary alicyclic amines) is 1. The lowest BCUT2D eigenvalue weighted by atomic mass is 9.98. The fraction of sp³-hybridized carbons (Fsp3) is 0.588. The predicted molar refractivity (Wildman–Crippen MR) is 82.9 cm³/mol. The molecule has 3 rings (SSSR count). The molecule has 0 spiro atoms. The molecule has 1 aliphatic carbocycles. The molecule has 0 unspecified atom stereocenters. The van der Waals surface area contributed by atoms with Crippen LogP contribution in [-0.2, 0) is 6.42 Å². The summed E-state index contributed by atoms with van der Waals surface area (Å²) in [6.07, 6.45) is 2.91. The smallest absolute Gasteiger partial charge is 0.410 e. The van der Waals surface area contributed by atoms with Crippen LogP contribution in [0.5, 0.6) is 5.75 Å². The van der Waals surface area contributed by atoms with E-state index in [2.05, 4.69) is 29.3 Å². The number of ether oxygens (including phenoxy) is 1. The van der Waals surface area contributed by atoms with Crippen LogP contribution in [0.3, 0.4) is 0 Å². The molecule has 0 aromatic heterocycles. The van der Waals surface area contributed by atoms with Crippen molar-refractivity contribution in [1.29, 1.82) is 0 Å². The summed E-state index contributed by atoms with van der Waals surface area (Å²) in [5.41, 5.74) is 2.81. The van der Waals surface area contributed by atoms with Crippen LogP contribution in [-0.4, -0.2) is 36.7 Å². The first-order valence-corrected chi connectivity index (χ1v) is 8.05. The summed E-state index contributed by atoms with van der Waals surface area (Å²) < 4.78 is 5.38. The zero-order chi connectivity index (χ0) is 14.8. The molecular formula is C17H24N2O2. The average Bonchev–Trinajstić information content (AvgIpc) is 3.03. The van der Waals surface area contributed by atoms with Gasteiger partial charge in [-0.1, -0.05) is 19.9 Å². The third-order valence-corrected chi connectivity index (χ3v) is 4.74. The van der Waals surface area contributed by atoms with Crippen LogP contribution >= 0.6 is 0 Å². The number of carbonyl (C=O) groups is 1. The largest absolute Gasteiger partial charge is 0.412 e. The van der Waals surface area contributed by atoms with Crippen molar-refractivity contribution >= 4 is 6.09 Å². The molecule has 1 aliphatic heterocycles. The van der Waals surface area contributed by atoms with E-state index in [1.54, 1.807) is 0 Å². The van der Waals surface area contributed by atoms with Gasteiger partial charge < -0.3 is 10.1 Å². The number of rotatable bonds is 4. The fourth-order valence-electron chi connectivity index (χ4n) is 3.71. The highest BCUT2D eigenvalue weighted by Gasteiger charge is 2.40. The topological polar surface area (TPSA) is 41.6 Å². The minimum atomic E-state index is -0.354. The summed E-state index contributed by atoms with van der Waals surface area (Å²) in [6, 6.07) is 6.77. The molecule has 21 heavy (non-hydrogen) atoms. The molecular weight excluding hydrogens is 264 g/mol. The molecule has 0 saturated carbocycles. The van der Waals surface area contributed by atoms with Crippen molar-refractivity contribution in [3.8, 4) is 5.75 Å². The second-order valence-electron chi connectivity index (χ2n) is 5.97. The highest BCUT2D eigenvalue weighted by molar-refractivity contribution is 5.70. The van der Waals surface area contributed by atoms with E-state index in [1.807, 2.05) is 13.0 Å². The van der Waals surface area contributed by atoms with Gasteiger partial charge in [0.1, 0.15) is 5.75 Å². The van der Waals surface area contributed by atoms with Crippen molar-refractivity contribution in [3.05, 3.63) is 29.3 Å². The van der Waals surface area contributed by atoms with Gasteiger partial charge in [0.05, 0.1) is 0 Å². The molecule has 4 heteroatoms. The van der Waals surface area contributed by atoms with Crippen molar-refractivity contribution in [2.24, 2.45) is 0 Å². The van der Waals surface area contributed by atoms with Gasteiger partial charge in [0, 0.05) is 18.5 Å². The third kappa shape index (κ3) is 2.77. The quantitative estimate of drug-likeness (QED) is 0.926. The lowest BCUT2D eigenvalue weighted by Gasteiger charge is -2.21. The molecule has 0 bridgehead atoms. The lowest BCUT2D eigenvalue weighted by molar-refractivity contribution is 0.200. The Balaban J connectivity index is 1.72. The van der Waals surface area contributed by atoms with E-state index in [-0.39, 0.29) is 6.09 Å². The number of likely N-dealkylation sites (N-methyl/N-ethyl adjacent to an activating group) is 1. The van der Waals surface area contributed by atoms with Crippen molar-refractivity contribution in [2.75, 3.05) is 19.6 Å². The Labute approximate surface area is 126 Å². The molecule has 114 valence electrons. The molecule has 1 N–H and O–H groups in total. The highest BCUT2D eigenvalue weighted by Crippen LogP contribution is 2.44. The number of fused-ring (bicyclic) bond motifs is 3. The van der Waals surface area contributed by atoms with E-state index < -0.39 is 0 Å². The Kier molecular flexibility index (Phi) is 4.15. The maximum atomic E-state index is 11.7. The number of amides is 1. The number of carbonyl (C=O) groups excluding carboxylic acids is 1.